The maximum Gasteiger partial charge on any atom is 0.214 e. The Morgan fingerprint density at radius 1 is 0.778 bits per heavy atom. The van der Waals surface area contributed by atoms with Gasteiger partial charge in [-0.05, 0) is 42.7 Å². The first-order valence-electron chi connectivity index (χ1n) is 9.37. The lowest BCUT2D eigenvalue weighted by Gasteiger charge is -2.34. The van der Waals surface area contributed by atoms with Gasteiger partial charge in [0.25, 0.3) is 0 Å². The summed E-state index contributed by atoms with van der Waals surface area (Å²) in [6.07, 6.45) is 1.93. The Bertz CT molecular complexity index is 781. The number of hydrogen-bond acceptors (Lipinski definition) is 1. The number of anilines is 1. The van der Waals surface area contributed by atoms with Crippen molar-refractivity contribution in [1.29, 1.82) is 0 Å². The van der Waals surface area contributed by atoms with Gasteiger partial charge >= 0.3 is 0 Å². The van der Waals surface area contributed by atoms with Gasteiger partial charge in [-0.1, -0.05) is 92.7 Å². The number of amides is 1. The van der Waals surface area contributed by atoms with Crippen LogP contribution in [-0.2, 0) is 4.79 Å². The summed E-state index contributed by atoms with van der Waals surface area (Å²) < 4.78 is 0. The molecular weight excluding hydrogens is 349 g/mol. The second kappa shape index (κ2) is 9.48. The number of hydrogen-bond donors (Lipinski definition) is 0. The Morgan fingerprint density at radius 2 is 1.22 bits per heavy atom. The molecule has 1 atom stereocenters. The minimum Gasteiger partial charge on any atom is -0.311 e. The molecule has 0 aromatic heterocycles. The van der Waals surface area contributed by atoms with Crippen molar-refractivity contribution in [3.05, 3.63) is 91.0 Å². The highest BCUT2D eigenvalue weighted by atomic mass is 31.1. The summed E-state index contributed by atoms with van der Waals surface area (Å²) in [4.78, 5) is 13.9. The van der Waals surface area contributed by atoms with E-state index in [0.717, 1.165) is 18.3 Å². The number of carbonyl (C=O) groups excluding carboxylic acids is 1. The molecule has 1 amide bonds. The predicted octanol–water partition coefficient (Wildman–Crippen LogP) is 4.81. The van der Waals surface area contributed by atoms with Gasteiger partial charge in [0.05, 0.1) is 0 Å². The van der Waals surface area contributed by atoms with Gasteiger partial charge in [0.1, 0.15) is 0 Å². The standard InChI is InChI=1S/C24H26NOP/c1-20(2)24(25(19-26)21-12-6-3-7-13-21)18-27(22-14-8-4-9-15-22)23-16-10-5-11-17-23/h3-17,19-20,24H,18H2,1-2H3/t24-/m1/s1. The molecule has 0 bridgehead atoms. The summed E-state index contributed by atoms with van der Waals surface area (Å²) in [5, 5.41) is 2.70. The third-order valence-electron chi connectivity index (χ3n) is 4.80. The van der Waals surface area contributed by atoms with E-state index >= 15 is 0 Å². The Kier molecular flexibility index (Phi) is 6.79. The van der Waals surface area contributed by atoms with Gasteiger partial charge in [-0.3, -0.25) is 4.79 Å². The molecule has 0 N–H and O–H groups in total. The molecule has 0 saturated carbocycles. The molecule has 3 aromatic rings. The van der Waals surface area contributed by atoms with Crippen LogP contribution in [0, 0.1) is 5.92 Å². The van der Waals surface area contributed by atoms with Crippen LogP contribution in [0.2, 0.25) is 0 Å². The van der Waals surface area contributed by atoms with E-state index in [1.807, 2.05) is 35.2 Å². The van der Waals surface area contributed by atoms with Crippen molar-refractivity contribution in [2.24, 2.45) is 5.92 Å². The van der Waals surface area contributed by atoms with E-state index < -0.39 is 7.92 Å². The maximum absolute atomic E-state index is 12.0. The molecule has 0 aliphatic carbocycles. The number of rotatable bonds is 8. The Morgan fingerprint density at radius 3 is 1.63 bits per heavy atom. The Labute approximate surface area is 163 Å². The fraction of sp³-hybridized carbons (Fsp3) is 0.208. The van der Waals surface area contributed by atoms with Crippen molar-refractivity contribution >= 4 is 30.6 Å². The summed E-state index contributed by atoms with van der Waals surface area (Å²) in [5.74, 6) is 0.354. The van der Waals surface area contributed by atoms with Crippen molar-refractivity contribution in [2.45, 2.75) is 19.9 Å². The summed E-state index contributed by atoms with van der Waals surface area (Å²) in [6.45, 7) is 4.40. The van der Waals surface area contributed by atoms with Gasteiger partial charge in [-0.2, -0.15) is 0 Å². The lowest BCUT2D eigenvalue weighted by Crippen LogP contribution is -2.42. The molecule has 0 aliphatic heterocycles. The molecule has 3 heteroatoms. The SMILES string of the molecule is CC(C)[C@@H](CP(c1ccccc1)c1ccccc1)N(C=O)c1ccccc1. The van der Waals surface area contributed by atoms with Crippen LogP contribution in [-0.4, -0.2) is 18.6 Å². The molecule has 2 nitrogen and oxygen atoms in total. The van der Waals surface area contributed by atoms with Crippen LogP contribution >= 0.6 is 7.92 Å². The average Bonchev–Trinajstić information content (AvgIpc) is 2.73. The van der Waals surface area contributed by atoms with Gasteiger partial charge < -0.3 is 4.90 Å². The highest BCUT2D eigenvalue weighted by molar-refractivity contribution is 7.73. The summed E-state index contributed by atoms with van der Waals surface area (Å²) >= 11 is 0. The van der Waals surface area contributed by atoms with E-state index in [0.29, 0.717) is 5.92 Å². The number of carbonyl (C=O) groups is 1. The van der Waals surface area contributed by atoms with Crippen molar-refractivity contribution in [1.82, 2.24) is 0 Å². The summed E-state index contributed by atoms with van der Waals surface area (Å²) in [6, 6.07) is 31.5. The largest absolute Gasteiger partial charge is 0.311 e. The third-order valence-corrected chi connectivity index (χ3v) is 7.38. The quantitative estimate of drug-likeness (QED) is 0.409. The molecule has 0 fully saturated rings. The van der Waals surface area contributed by atoms with Crippen LogP contribution in [0.3, 0.4) is 0 Å². The van der Waals surface area contributed by atoms with E-state index in [1.165, 1.54) is 10.6 Å². The van der Waals surface area contributed by atoms with Gasteiger partial charge in [0, 0.05) is 11.7 Å². The Hall–Kier alpha value is -2.44. The van der Waals surface area contributed by atoms with Crippen LogP contribution in [0.4, 0.5) is 5.69 Å². The van der Waals surface area contributed by atoms with Crippen LogP contribution in [0.25, 0.3) is 0 Å². The van der Waals surface area contributed by atoms with E-state index in [2.05, 4.69) is 74.5 Å². The number of para-hydroxylation sites is 1. The van der Waals surface area contributed by atoms with Crippen molar-refractivity contribution < 1.29 is 4.79 Å². The molecule has 3 rings (SSSR count). The second-order valence-corrected chi connectivity index (χ2v) is 9.20. The minimum absolute atomic E-state index is 0.136. The molecule has 3 aromatic carbocycles. The smallest absolute Gasteiger partial charge is 0.214 e. The van der Waals surface area contributed by atoms with Crippen LogP contribution < -0.4 is 15.5 Å². The van der Waals surface area contributed by atoms with Crippen LogP contribution in [0.5, 0.6) is 0 Å². The normalized spacial score (nSPS) is 12.1. The van der Waals surface area contributed by atoms with Crippen LogP contribution in [0.1, 0.15) is 13.8 Å². The average molecular weight is 375 g/mol. The first-order chi connectivity index (χ1) is 13.2. The van der Waals surface area contributed by atoms with E-state index in [4.69, 9.17) is 0 Å². The zero-order chi connectivity index (χ0) is 19.1. The first kappa shape index (κ1) is 19.3. The third kappa shape index (κ3) is 4.84. The maximum atomic E-state index is 12.0. The molecule has 0 saturated heterocycles. The van der Waals surface area contributed by atoms with Crippen molar-refractivity contribution in [3.8, 4) is 0 Å². The van der Waals surface area contributed by atoms with Gasteiger partial charge in [0.2, 0.25) is 6.41 Å². The van der Waals surface area contributed by atoms with Crippen LogP contribution in [0.15, 0.2) is 91.0 Å². The summed E-state index contributed by atoms with van der Waals surface area (Å²) in [7, 11) is -0.552. The molecular formula is C24H26NOP. The summed E-state index contributed by atoms with van der Waals surface area (Å²) in [5.41, 5.74) is 0.960. The number of nitrogens with zero attached hydrogens (tertiary/aromatic N) is 1. The highest BCUT2D eigenvalue weighted by Gasteiger charge is 2.27. The lowest BCUT2D eigenvalue weighted by molar-refractivity contribution is -0.108. The fourth-order valence-corrected chi connectivity index (χ4v) is 6.07. The molecule has 27 heavy (non-hydrogen) atoms. The first-order valence-corrected chi connectivity index (χ1v) is 10.9. The molecule has 0 radical (unpaired) electrons. The zero-order valence-corrected chi connectivity index (χ0v) is 16.8. The van der Waals surface area contributed by atoms with Gasteiger partial charge in [-0.25, -0.2) is 0 Å². The number of benzene rings is 3. The van der Waals surface area contributed by atoms with Gasteiger partial charge in [0.15, 0.2) is 0 Å². The van der Waals surface area contributed by atoms with Gasteiger partial charge in [-0.15, -0.1) is 0 Å². The highest BCUT2D eigenvalue weighted by Crippen LogP contribution is 2.37. The van der Waals surface area contributed by atoms with E-state index in [9.17, 15) is 4.79 Å². The minimum atomic E-state index is -0.552. The van der Waals surface area contributed by atoms with Crippen molar-refractivity contribution in [2.75, 3.05) is 11.1 Å². The molecule has 138 valence electrons. The van der Waals surface area contributed by atoms with E-state index in [-0.39, 0.29) is 6.04 Å². The molecule has 0 unspecified atom stereocenters. The van der Waals surface area contributed by atoms with Crippen molar-refractivity contribution in [3.63, 3.8) is 0 Å². The fourth-order valence-electron chi connectivity index (χ4n) is 3.31. The monoisotopic (exact) mass is 375 g/mol. The Balaban J connectivity index is 1.97. The van der Waals surface area contributed by atoms with E-state index in [1.54, 1.807) is 0 Å². The molecule has 0 heterocycles. The lowest BCUT2D eigenvalue weighted by atomic mass is 10.0. The molecule has 0 spiro atoms. The topological polar surface area (TPSA) is 20.3 Å². The predicted molar refractivity (Wildman–Crippen MR) is 118 cm³/mol. The zero-order valence-electron chi connectivity index (χ0n) is 15.9. The second-order valence-electron chi connectivity index (χ2n) is 6.94. The molecule has 0 aliphatic rings.